The fraction of sp³-hybridized carbons (Fsp3) is 0.222. The van der Waals surface area contributed by atoms with E-state index in [9.17, 15) is 9.59 Å². The summed E-state index contributed by atoms with van der Waals surface area (Å²) in [5.74, 6) is 0.373. The molecule has 37 heavy (non-hydrogen) atoms. The third-order valence-corrected chi connectivity index (χ3v) is 6.48. The number of carbonyl (C=O) groups excluding carboxylic acids is 2. The van der Waals surface area contributed by atoms with Crippen LogP contribution in [0.15, 0.2) is 76.5 Å². The van der Waals surface area contributed by atoms with Gasteiger partial charge in [0, 0.05) is 20.9 Å². The lowest BCUT2D eigenvalue weighted by molar-refractivity contribution is -0.146. The van der Waals surface area contributed by atoms with Gasteiger partial charge in [-0.15, -0.1) is 5.10 Å². The van der Waals surface area contributed by atoms with Gasteiger partial charge in [0.1, 0.15) is 5.75 Å². The van der Waals surface area contributed by atoms with Crippen LogP contribution in [-0.4, -0.2) is 45.7 Å². The molecule has 190 valence electrons. The van der Waals surface area contributed by atoms with Gasteiger partial charge in [-0.1, -0.05) is 43.3 Å². The van der Waals surface area contributed by atoms with Gasteiger partial charge in [-0.3, -0.25) is 4.79 Å². The number of rotatable bonds is 11. The Morgan fingerprint density at radius 2 is 1.84 bits per heavy atom. The Labute approximate surface area is 219 Å². The Morgan fingerprint density at radius 3 is 2.59 bits per heavy atom. The first-order valence-electron chi connectivity index (χ1n) is 11.8. The zero-order chi connectivity index (χ0) is 26.0. The van der Waals surface area contributed by atoms with Gasteiger partial charge in [-0.05, 0) is 77.9 Å². The molecule has 4 rings (SSSR count). The van der Waals surface area contributed by atoms with Crippen molar-refractivity contribution in [1.82, 2.24) is 20.6 Å². The van der Waals surface area contributed by atoms with Crippen molar-refractivity contribution in [3.63, 3.8) is 0 Å². The number of aryl methyl sites for hydroxylation is 1. The van der Waals surface area contributed by atoms with E-state index in [-0.39, 0.29) is 12.5 Å². The number of amides is 1. The molecule has 0 spiro atoms. The van der Waals surface area contributed by atoms with E-state index in [1.807, 2.05) is 56.3 Å². The second-order valence-electron chi connectivity index (χ2n) is 8.19. The summed E-state index contributed by atoms with van der Waals surface area (Å²) >= 11 is 1.51. The first-order chi connectivity index (χ1) is 18.0. The van der Waals surface area contributed by atoms with E-state index in [1.54, 1.807) is 24.3 Å². The molecule has 9 nitrogen and oxygen atoms in total. The Bertz CT molecular complexity index is 1340. The van der Waals surface area contributed by atoms with E-state index in [4.69, 9.17) is 9.47 Å². The van der Waals surface area contributed by atoms with Crippen molar-refractivity contribution in [3.8, 4) is 17.1 Å². The molecule has 0 saturated carbocycles. The molecule has 0 unspecified atom stereocenters. The number of H-pyrrole nitrogens is 1. The van der Waals surface area contributed by atoms with Crippen LogP contribution in [0.4, 0.5) is 5.69 Å². The monoisotopic (exact) mass is 517 g/mol. The highest BCUT2D eigenvalue weighted by molar-refractivity contribution is 7.99. The van der Waals surface area contributed by atoms with E-state index < -0.39 is 5.97 Å². The van der Waals surface area contributed by atoms with Gasteiger partial charge in [0.15, 0.2) is 12.4 Å². The van der Waals surface area contributed by atoms with Crippen LogP contribution in [0.1, 0.15) is 35.7 Å². The summed E-state index contributed by atoms with van der Waals surface area (Å²) in [5.41, 5.74) is 3.03. The highest BCUT2D eigenvalue weighted by atomic mass is 32.2. The number of hydrogen-bond acceptors (Lipinski definition) is 8. The van der Waals surface area contributed by atoms with Crippen LogP contribution >= 0.6 is 11.8 Å². The molecule has 0 aliphatic rings. The van der Waals surface area contributed by atoms with Crippen LogP contribution in [0.25, 0.3) is 11.4 Å². The molecule has 3 aromatic carbocycles. The first-order valence-corrected chi connectivity index (χ1v) is 12.7. The third-order valence-electron chi connectivity index (χ3n) is 5.32. The van der Waals surface area contributed by atoms with Crippen molar-refractivity contribution in [3.05, 3.63) is 77.9 Å². The number of unbranched alkanes of at least 4 members (excludes halogenated alkanes) is 1. The van der Waals surface area contributed by atoms with Crippen LogP contribution in [-0.2, 0) is 9.53 Å². The van der Waals surface area contributed by atoms with Crippen molar-refractivity contribution in [2.75, 3.05) is 18.5 Å². The number of esters is 1. The molecule has 1 heterocycles. The summed E-state index contributed by atoms with van der Waals surface area (Å²) < 4.78 is 10.6. The lowest BCUT2D eigenvalue weighted by Gasteiger charge is -2.14. The van der Waals surface area contributed by atoms with Crippen LogP contribution in [0.2, 0.25) is 0 Å². The predicted molar refractivity (Wildman–Crippen MR) is 141 cm³/mol. The minimum Gasteiger partial charge on any atom is -0.482 e. The van der Waals surface area contributed by atoms with Crippen molar-refractivity contribution < 1.29 is 19.1 Å². The molecule has 1 amide bonds. The molecule has 0 aliphatic carbocycles. The predicted octanol–water partition coefficient (Wildman–Crippen LogP) is 5.30. The van der Waals surface area contributed by atoms with E-state index in [1.165, 1.54) is 11.8 Å². The molecular weight excluding hydrogens is 490 g/mol. The van der Waals surface area contributed by atoms with Crippen LogP contribution in [0.3, 0.4) is 0 Å². The number of ether oxygens (including phenoxy) is 2. The standard InChI is InChI=1S/C27H27N5O4S/c1-3-4-15-35-25(33)17-36-20-12-10-19(11-13-20)27(34)28-22-16-18(2)9-14-24(22)37-23-8-6-5-7-21(23)26-29-31-32-30-26/h5-14,16H,3-4,15,17H2,1-2H3,(H,28,34)(H,29,30,31,32). The number of anilines is 1. The zero-order valence-electron chi connectivity index (χ0n) is 20.6. The Morgan fingerprint density at radius 1 is 1.03 bits per heavy atom. The maximum Gasteiger partial charge on any atom is 0.344 e. The van der Waals surface area contributed by atoms with Crippen molar-refractivity contribution in [2.45, 2.75) is 36.5 Å². The molecule has 0 atom stereocenters. The molecule has 0 aliphatic heterocycles. The smallest absolute Gasteiger partial charge is 0.344 e. The normalized spacial score (nSPS) is 10.6. The Kier molecular flexibility index (Phi) is 8.88. The molecule has 2 N–H and O–H groups in total. The molecule has 0 bridgehead atoms. The van der Waals surface area contributed by atoms with Gasteiger partial charge in [0.25, 0.3) is 5.91 Å². The second-order valence-corrected chi connectivity index (χ2v) is 9.27. The number of hydrogen-bond donors (Lipinski definition) is 2. The van der Waals surface area contributed by atoms with Crippen LogP contribution in [0, 0.1) is 6.92 Å². The van der Waals surface area contributed by atoms with Gasteiger partial charge in [-0.25, -0.2) is 9.89 Å². The van der Waals surface area contributed by atoms with Gasteiger partial charge >= 0.3 is 5.97 Å². The Balaban J connectivity index is 1.43. The molecule has 0 saturated heterocycles. The number of benzene rings is 3. The number of nitrogens with zero attached hydrogens (tertiary/aromatic N) is 3. The zero-order valence-corrected chi connectivity index (χ0v) is 21.4. The van der Waals surface area contributed by atoms with Gasteiger partial charge in [0.05, 0.1) is 12.3 Å². The number of aromatic nitrogens is 4. The summed E-state index contributed by atoms with van der Waals surface area (Å²) in [5, 5.41) is 17.2. The van der Waals surface area contributed by atoms with E-state index in [0.29, 0.717) is 29.4 Å². The average molecular weight is 518 g/mol. The van der Waals surface area contributed by atoms with Gasteiger partial charge in [-0.2, -0.15) is 0 Å². The Hall–Kier alpha value is -4.18. The van der Waals surface area contributed by atoms with Crippen molar-refractivity contribution >= 4 is 29.3 Å². The van der Waals surface area contributed by atoms with Crippen LogP contribution < -0.4 is 10.1 Å². The molecule has 0 fully saturated rings. The van der Waals surface area contributed by atoms with E-state index >= 15 is 0 Å². The van der Waals surface area contributed by atoms with Crippen molar-refractivity contribution in [1.29, 1.82) is 0 Å². The number of tetrazole rings is 1. The molecule has 4 aromatic rings. The lowest BCUT2D eigenvalue weighted by atomic mass is 10.2. The average Bonchev–Trinajstić information content (AvgIpc) is 3.45. The molecule has 0 radical (unpaired) electrons. The topological polar surface area (TPSA) is 119 Å². The van der Waals surface area contributed by atoms with E-state index in [2.05, 4.69) is 25.9 Å². The largest absolute Gasteiger partial charge is 0.482 e. The second kappa shape index (κ2) is 12.7. The summed E-state index contributed by atoms with van der Waals surface area (Å²) in [6.45, 7) is 4.21. The van der Waals surface area contributed by atoms with Gasteiger partial charge < -0.3 is 14.8 Å². The van der Waals surface area contributed by atoms with Crippen LogP contribution in [0.5, 0.6) is 5.75 Å². The first kappa shape index (κ1) is 25.9. The number of carbonyl (C=O) groups is 2. The molecule has 1 aromatic heterocycles. The minimum absolute atomic E-state index is 0.176. The summed E-state index contributed by atoms with van der Waals surface area (Å²) in [6, 6.07) is 20.3. The highest BCUT2D eigenvalue weighted by Crippen LogP contribution is 2.38. The fourth-order valence-electron chi connectivity index (χ4n) is 3.38. The third kappa shape index (κ3) is 7.17. The summed E-state index contributed by atoms with van der Waals surface area (Å²) in [6.07, 6.45) is 1.77. The minimum atomic E-state index is -0.416. The number of aromatic amines is 1. The molecular formula is C27H27N5O4S. The molecule has 10 heteroatoms. The highest BCUT2D eigenvalue weighted by Gasteiger charge is 2.15. The maximum atomic E-state index is 13.0. The quantitative estimate of drug-likeness (QED) is 0.203. The summed E-state index contributed by atoms with van der Waals surface area (Å²) in [7, 11) is 0. The maximum absolute atomic E-state index is 13.0. The van der Waals surface area contributed by atoms with E-state index in [0.717, 1.165) is 33.8 Å². The van der Waals surface area contributed by atoms with Gasteiger partial charge in [0.2, 0.25) is 0 Å². The number of nitrogens with one attached hydrogen (secondary N) is 2. The lowest BCUT2D eigenvalue weighted by Crippen LogP contribution is -2.16. The SMILES string of the molecule is CCCCOC(=O)COc1ccc(C(=O)Nc2cc(C)ccc2Sc2ccccc2-c2nnn[nH]2)cc1. The fourth-order valence-corrected chi connectivity index (χ4v) is 4.40. The van der Waals surface area contributed by atoms with Crippen molar-refractivity contribution in [2.24, 2.45) is 0 Å². The summed E-state index contributed by atoms with van der Waals surface area (Å²) in [4.78, 5) is 26.6.